The fraction of sp³-hybridized carbons (Fsp3) is 0.750. The Balaban J connectivity index is 2.61. The third-order valence-corrected chi connectivity index (χ3v) is 3.25. The summed E-state index contributed by atoms with van der Waals surface area (Å²) in [4.78, 5) is 9.13. The summed E-state index contributed by atoms with van der Waals surface area (Å²) in [5, 5.41) is 0. The molecular formula is C8H14BO4P. The van der Waals surface area contributed by atoms with Gasteiger partial charge in [0.15, 0.2) is 0 Å². The zero-order valence-electron chi connectivity index (χ0n) is 8.29. The molecule has 0 aromatic rings. The van der Waals surface area contributed by atoms with Crippen LogP contribution in [-0.2, 0) is 13.6 Å². The first-order chi connectivity index (χ1) is 6.44. The lowest BCUT2D eigenvalue weighted by Crippen LogP contribution is -2.24. The highest BCUT2D eigenvalue weighted by atomic mass is 31.2. The van der Waals surface area contributed by atoms with Crippen molar-refractivity contribution in [3.8, 4) is 0 Å². The first kappa shape index (κ1) is 12.0. The van der Waals surface area contributed by atoms with Crippen LogP contribution in [0.1, 0.15) is 13.3 Å². The van der Waals surface area contributed by atoms with E-state index >= 15 is 0 Å². The van der Waals surface area contributed by atoms with Crippen molar-refractivity contribution in [1.29, 1.82) is 0 Å². The van der Waals surface area contributed by atoms with Crippen LogP contribution in [0.25, 0.3) is 0 Å². The Labute approximate surface area is 85.3 Å². The Bertz CT molecular complexity index is 268. The summed E-state index contributed by atoms with van der Waals surface area (Å²) < 4.78 is 20.5. The van der Waals surface area contributed by atoms with Gasteiger partial charge < -0.3 is 4.89 Å². The van der Waals surface area contributed by atoms with Crippen LogP contribution in [0.5, 0.6) is 0 Å². The van der Waals surface area contributed by atoms with Gasteiger partial charge in [0, 0.05) is 13.0 Å². The van der Waals surface area contributed by atoms with Crippen molar-refractivity contribution in [3.05, 3.63) is 12.2 Å². The maximum absolute atomic E-state index is 11.1. The van der Waals surface area contributed by atoms with E-state index in [1.54, 1.807) is 0 Å². The maximum atomic E-state index is 11.1. The summed E-state index contributed by atoms with van der Waals surface area (Å²) in [6.07, 6.45) is 3.94. The normalized spacial score (nSPS) is 36.6. The molecule has 1 aliphatic rings. The van der Waals surface area contributed by atoms with Crippen LogP contribution in [-0.4, -0.2) is 26.0 Å². The van der Waals surface area contributed by atoms with Gasteiger partial charge in [-0.2, -0.15) is 0 Å². The van der Waals surface area contributed by atoms with Crippen molar-refractivity contribution in [2.45, 2.75) is 25.3 Å². The van der Waals surface area contributed by atoms with E-state index in [0.29, 0.717) is 6.42 Å². The number of phosphoric acid groups is 1. The van der Waals surface area contributed by atoms with Crippen molar-refractivity contribution in [3.63, 3.8) is 0 Å². The average molecular weight is 216 g/mol. The molecule has 0 aliphatic heterocycles. The van der Waals surface area contributed by atoms with E-state index in [4.69, 9.17) is 17.3 Å². The van der Waals surface area contributed by atoms with Gasteiger partial charge in [-0.15, -0.1) is 0 Å². The Hall–Kier alpha value is -0.0851. The van der Waals surface area contributed by atoms with Crippen molar-refractivity contribution in [1.82, 2.24) is 0 Å². The molecule has 1 aliphatic carbocycles. The summed E-state index contributed by atoms with van der Waals surface area (Å²) >= 11 is 0. The van der Waals surface area contributed by atoms with Gasteiger partial charge in [0.05, 0.1) is 14.0 Å². The smallest absolute Gasteiger partial charge is 0.302 e. The Morgan fingerprint density at radius 1 is 1.57 bits per heavy atom. The molecule has 0 aromatic carbocycles. The minimum absolute atomic E-state index is 0.0745. The molecule has 4 atom stereocenters. The van der Waals surface area contributed by atoms with Gasteiger partial charge in [-0.25, -0.2) is 4.57 Å². The zero-order chi connectivity index (χ0) is 10.8. The van der Waals surface area contributed by atoms with Crippen molar-refractivity contribution < 1.29 is 18.5 Å². The fourth-order valence-electron chi connectivity index (χ4n) is 1.36. The maximum Gasteiger partial charge on any atom is 0.472 e. The third kappa shape index (κ3) is 3.25. The van der Waals surface area contributed by atoms with Crippen LogP contribution < -0.4 is 0 Å². The minimum atomic E-state index is -3.90. The van der Waals surface area contributed by atoms with Crippen molar-refractivity contribution >= 4 is 15.7 Å². The molecule has 4 unspecified atom stereocenters. The van der Waals surface area contributed by atoms with E-state index in [-0.39, 0.29) is 17.8 Å². The molecule has 0 saturated heterocycles. The molecular weight excluding hydrogens is 202 g/mol. The predicted molar refractivity (Wildman–Crippen MR) is 54.1 cm³/mol. The Morgan fingerprint density at radius 2 is 2.21 bits per heavy atom. The molecule has 0 saturated carbocycles. The van der Waals surface area contributed by atoms with Gasteiger partial charge in [0.25, 0.3) is 0 Å². The SMILES string of the molecule is [B]C1C=CC(C)C(OP(=O)(O)OC)C1. The lowest BCUT2D eigenvalue weighted by Gasteiger charge is -2.28. The summed E-state index contributed by atoms with van der Waals surface area (Å²) in [6, 6.07) is 0. The molecule has 0 spiro atoms. The molecule has 4 nitrogen and oxygen atoms in total. The second-order valence-corrected chi connectivity index (χ2v) is 4.95. The van der Waals surface area contributed by atoms with E-state index in [1.165, 1.54) is 0 Å². The second-order valence-electron chi connectivity index (χ2n) is 3.44. The second kappa shape index (κ2) is 4.62. The van der Waals surface area contributed by atoms with Gasteiger partial charge in [-0.1, -0.05) is 24.9 Å². The lowest BCUT2D eigenvalue weighted by molar-refractivity contribution is 0.0887. The van der Waals surface area contributed by atoms with E-state index in [1.807, 2.05) is 19.1 Å². The van der Waals surface area contributed by atoms with Crippen LogP contribution in [0.2, 0.25) is 5.82 Å². The van der Waals surface area contributed by atoms with Gasteiger partial charge in [0.1, 0.15) is 0 Å². The summed E-state index contributed by atoms with van der Waals surface area (Å²) in [7, 11) is 2.92. The quantitative estimate of drug-likeness (QED) is 0.442. The van der Waals surface area contributed by atoms with E-state index in [9.17, 15) is 4.57 Å². The van der Waals surface area contributed by atoms with Crippen LogP contribution in [0.15, 0.2) is 12.2 Å². The van der Waals surface area contributed by atoms with Gasteiger partial charge >= 0.3 is 7.82 Å². The highest BCUT2D eigenvalue weighted by molar-refractivity contribution is 7.47. The summed E-state index contributed by atoms with van der Waals surface area (Å²) in [5.41, 5.74) is 0. The monoisotopic (exact) mass is 216 g/mol. The number of hydrogen-bond donors (Lipinski definition) is 1. The van der Waals surface area contributed by atoms with Crippen LogP contribution >= 0.6 is 7.82 Å². The lowest BCUT2D eigenvalue weighted by atomic mass is 9.76. The molecule has 78 valence electrons. The third-order valence-electron chi connectivity index (χ3n) is 2.25. The predicted octanol–water partition coefficient (Wildman–Crippen LogP) is 1.67. The van der Waals surface area contributed by atoms with E-state index in [0.717, 1.165) is 7.11 Å². The van der Waals surface area contributed by atoms with Gasteiger partial charge in [-0.05, 0) is 6.42 Å². The molecule has 0 aromatic heterocycles. The molecule has 1 N–H and O–H groups in total. The molecule has 2 radical (unpaired) electrons. The molecule has 1 rings (SSSR count). The number of phosphoric ester groups is 1. The van der Waals surface area contributed by atoms with Gasteiger partial charge in [-0.3, -0.25) is 9.05 Å². The van der Waals surface area contributed by atoms with Gasteiger partial charge in [0.2, 0.25) is 0 Å². The summed E-state index contributed by atoms with van der Waals surface area (Å²) in [5.74, 6) is -0.0431. The van der Waals surface area contributed by atoms with Crippen LogP contribution in [0.4, 0.5) is 0 Å². The average Bonchev–Trinajstić information content (AvgIpc) is 2.11. The van der Waals surface area contributed by atoms with E-state index in [2.05, 4.69) is 4.52 Å². The highest BCUT2D eigenvalue weighted by Crippen LogP contribution is 2.46. The molecule has 0 heterocycles. The standard InChI is InChI=1S/C8H14BO4P/c1-6-3-4-7(9)5-8(6)13-14(10,11)12-2/h3-4,6-8H,5H2,1-2H3,(H,10,11). The highest BCUT2D eigenvalue weighted by Gasteiger charge is 2.30. The topological polar surface area (TPSA) is 55.8 Å². The number of allylic oxidation sites excluding steroid dienone is 1. The van der Waals surface area contributed by atoms with Crippen molar-refractivity contribution in [2.24, 2.45) is 5.92 Å². The zero-order valence-corrected chi connectivity index (χ0v) is 9.18. The number of hydrogen-bond acceptors (Lipinski definition) is 3. The van der Waals surface area contributed by atoms with E-state index < -0.39 is 7.82 Å². The van der Waals surface area contributed by atoms with Crippen LogP contribution in [0, 0.1) is 5.92 Å². The first-order valence-corrected chi connectivity index (χ1v) is 5.95. The Morgan fingerprint density at radius 3 is 2.79 bits per heavy atom. The largest absolute Gasteiger partial charge is 0.472 e. The molecule has 6 heteroatoms. The number of rotatable bonds is 3. The summed E-state index contributed by atoms with van der Waals surface area (Å²) in [6.45, 7) is 1.91. The first-order valence-electron chi connectivity index (χ1n) is 4.45. The van der Waals surface area contributed by atoms with Crippen molar-refractivity contribution in [2.75, 3.05) is 7.11 Å². The molecule has 0 fully saturated rings. The Kier molecular flexibility index (Phi) is 3.96. The van der Waals surface area contributed by atoms with Crippen LogP contribution in [0.3, 0.4) is 0 Å². The molecule has 0 bridgehead atoms. The fourth-order valence-corrected chi connectivity index (χ4v) is 2.06. The molecule has 0 amide bonds. The minimum Gasteiger partial charge on any atom is -0.302 e. The molecule has 14 heavy (non-hydrogen) atoms.